The fourth-order valence-corrected chi connectivity index (χ4v) is 2.10. The SMILES string of the molecule is CC(C)(C)OC=O.CNc1ccc(-c2cc3cc(F)ccc3[nH]2)cn1. The van der Waals surface area contributed by atoms with E-state index in [-0.39, 0.29) is 11.4 Å². The van der Waals surface area contributed by atoms with Gasteiger partial charge in [-0.1, -0.05) is 0 Å². The van der Waals surface area contributed by atoms with Crippen LogP contribution in [0.15, 0.2) is 42.6 Å². The molecule has 0 saturated heterocycles. The van der Waals surface area contributed by atoms with Gasteiger partial charge in [0.05, 0.1) is 0 Å². The first-order valence-corrected chi connectivity index (χ1v) is 7.86. The maximum atomic E-state index is 13.1. The molecule has 0 saturated carbocycles. The molecule has 0 aliphatic carbocycles. The van der Waals surface area contributed by atoms with E-state index in [9.17, 15) is 9.18 Å². The first kappa shape index (κ1) is 18.4. The highest BCUT2D eigenvalue weighted by molar-refractivity contribution is 5.85. The van der Waals surface area contributed by atoms with E-state index < -0.39 is 0 Å². The molecule has 3 aromatic rings. The highest BCUT2D eigenvalue weighted by atomic mass is 19.1. The van der Waals surface area contributed by atoms with Gasteiger partial charge in [0, 0.05) is 35.4 Å². The second kappa shape index (κ2) is 7.79. The van der Waals surface area contributed by atoms with Crippen LogP contribution < -0.4 is 5.32 Å². The average Bonchev–Trinajstić information content (AvgIpc) is 2.97. The maximum Gasteiger partial charge on any atom is 0.293 e. The Bertz CT molecular complexity index is 836. The summed E-state index contributed by atoms with van der Waals surface area (Å²) in [6.07, 6.45) is 1.78. The summed E-state index contributed by atoms with van der Waals surface area (Å²) in [6.45, 7) is 5.92. The number of aromatic amines is 1. The number of rotatable bonds is 3. The Morgan fingerprint density at radius 2 is 1.96 bits per heavy atom. The van der Waals surface area contributed by atoms with Crippen molar-refractivity contribution < 1.29 is 13.9 Å². The first-order chi connectivity index (χ1) is 11.8. The normalized spacial score (nSPS) is 10.8. The fourth-order valence-electron chi connectivity index (χ4n) is 2.10. The van der Waals surface area contributed by atoms with E-state index in [1.165, 1.54) is 12.1 Å². The molecule has 2 aromatic heterocycles. The number of carbonyl (C=O) groups excluding carboxylic acids is 1. The van der Waals surface area contributed by atoms with E-state index in [2.05, 4.69) is 20.0 Å². The molecule has 3 rings (SSSR count). The monoisotopic (exact) mass is 343 g/mol. The van der Waals surface area contributed by atoms with Crippen LogP contribution in [0, 0.1) is 5.82 Å². The predicted molar refractivity (Wildman–Crippen MR) is 97.9 cm³/mol. The molecule has 25 heavy (non-hydrogen) atoms. The van der Waals surface area contributed by atoms with Gasteiger partial charge < -0.3 is 15.0 Å². The van der Waals surface area contributed by atoms with E-state index in [0.29, 0.717) is 6.47 Å². The lowest BCUT2D eigenvalue weighted by Gasteiger charge is -2.14. The molecule has 2 N–H and O–H groups in total. The summed E-state index contributed by atoms with van der Waals surface area (Å²) in [5, 5.41) is 3.83. The van der Waals surface area contributed by atoms with Gasteiger partial charge in [0.25, 0.3) is 6.47 Å². The van der Waals surface area contributed by atoms with Crippen LogP contribution in [0.5, 0.6) is 0 Å². The minimum absolute atomic E-state index is 0.225. The maximum absolute atomic E-state index is 13.1. The van der Waals surface area contributed by atoms with Crippen molar-refractivity contribution >= 4 is 23.2 Å². The Balaban J connectivity index is 0.000000277. The van der Waals surface area contributed by atoms with Crippen molar-refractivity contribution in [2.45, 2.75) is 26.4 Å². The predicted octanol–water partition coefficient (Wildman–Crippen LogP) is 4.37. The minimum Gasteiger partial charge on any atom is -0.462 e. The van der Waals surface area contributed by atoms with Crippen molar-refractivity contribution in [3.05, 3.63) is 48.4 Å². The van der Waals surface area contributed by atoms with Crippen molar-refractivity contribution in [2.24, 2.45) is 0 Å². The Labute approximate surface area is 146 Å². The van der Waals surface area contributed by atoms with Gasteiger partial charge in [0.2, 0.25) is 0 Å². The molecule has 2 heterocycles. The number of nitrogens with one attached hydrogen (secondary N) is 2. The molecule has 0 aliphatic rings. The second-order valence-electron chi connectivity index (χ2n) is 6.42. The molecule has 0 spiro atoms. The summed E-state index contributed by atoms with van der Waals surface area (Å²) in [6, 6.07) is 10.5. The van der Waals surface area contributed by atoms with Crippen LogP contribution in [0.25, 0.3) is 22.2 Å². The Morgan fingerprint density at radius 1 is 1.20 bits per heavy atom. The summed E-state index contributed by atoms with van der Waals surface area (Å²) in [4.78, 5) is 17.1. The number of anilines is 1. The highest BCUT2D eigenvalue weighted by Crippen LogP contribution is 2.24. The van der Waals surface area contributed by atoms with E-state index in [4.69, 9.17) is 0 Å². The fraction of sp³-hybridized carbons (Fsp3) is 0.263. The Kier molecular flexibility index (Phi) is 5.75. The number of ether oxygens (including phenoxy) is 1. The zero-order valence-electron chi connectivity index (χ0n) is 14.8. The molecule has 0 amide bonds. The lowest BCUT2D eigenvalue weighted by Crippen LogP contribution is -2.17. The third-order valence-electron chi connectivity index (χ3n) is 3.32. The summed E-state index contributed by atoms with van der Waals surface area (Å²) in [5.74, 6) is 0.595. The van der Waals surface area contributed by atoms with E-state index in [1.807, 2.05) is 46.0 Å². The molecular weight excluding hydrogens is 321 g/mol. The zero-order valence-corrected chi connectivity index (χ0v) is 14.8. The van der Waals surface area contributed by atoms with Gasteiger partial charge in [-0.25, -0.2) is 9.37 Å². The molecule has 132 valence electrons. The van der Waals surface area contributed by atoms with Gasteiger partial charge in [0.15, 0.2) is 0 Å². The van der Waals surface area contributed by atoms with Crippen molar-refractivity contribution in [3.8, 4) is 11.3 Å². The number of carbonyl (C=O) groups is 1. The molecule has 0 radical (unpaired) electrons. The van der Waals surface area contributed by atoms with Crippen LogP contribution in [0.4, 0.5) is 10.2 Å². The molecule has 0 unspecified atom stereocenters. The number of H-pyrrole nitrogens is 1. The van der Waals surface area contributed by atoms with Crippen molar-refractivity contribution in [3.63, 3.8) is 0 Å². The van der Waals surface area contributed by atoms with Crippen molar-refractivity contribution in [1.29, 1.82) is 0 Å². The molecule has 0 aliphatic heterocycles. The zero-order chi connectivity index (χ0) is 18.4. The van der Waals surface area contributed by atoms with Crippen LogP contribution in [0.3, 0.4) is 0 Å². The minimum atomic E-state index is -0.318. The molecular formula is C19H22FN3O2. The van der Waals surface area contributed by atoms with Gasteiger partial charge in [-0.15, -0.1) is 0 Å². The van der Waals surface area contributed by atoms with Crippen molar-refractivity contribution in [1.82, 2.24) is 9.97 Å². The number of benzene rings is 1. The van der Waals surface area contributed by atoms with Gasteiger partial charge >= 0.3 is 0 Å². The average molecular weight is 343 g/mol. The summed E-state index contributed by atoms with van der Waals surface area (Å²) in [5.41, 5.74) is 2.52. The topological polar surface area (TPSA) is 67.0 Å². The van der Waals surface area contributed by atoms with Crippen LogP contribution >= 0.6 is 0 Å². The van der Waals surface area contributed by atoms with Gasteiger partial charge in [-0.3, -0.25) is 4.79 Å². The summed E-state index contributed by atoms with van der Waals surface area (Å²) < 4.78 is 17.7. The summed E-state index contributed by atoms with van der Waals surface area (Å²) in [7, 11) is 1.83. The second-order valence-corrected chi connectivity index (χ2v) is 6.42. The van der Waals surface area contributed by atoms with Gasteiger partial charge in [-0.05, 0) is 57.2 Å². The highest BCUT2D eigenvalue weighted by Gasteiger charge is 2.07. The number of fused-ring (bicyclic) bond motifs is 1. The van der Waals surface area contributed by atoms with Crippen molar-refractivity contribution in [2.75, 3.05) is 12.4 Å². The smallest absolute Gasteiger partial charge is 0.293 e. The standard InChI is InChI=1S/C14H12FN3.C5H10O2/c1-16-14-5-2-9(8-17-14)13-7-10-6-11(15)3-4-12(10)18-13;1-5(2,3)7-4-6/h2-8,18H,1H3,(H,16,17);4H,1-3H3. The van der Waals surface area contributed by atoms with E-state index in [1.54, 1.807) is 12.3 Å². The number of halogens is 1. The lowest BCUT2D eigenvalue weighted by molar-refractivity contribution is -0.138. The molecule has 5 nitrogen and oxygen atoms in total. The number of aromatic nitrogens is 2. The summed E-state index contributed by atoms with van der Waals surface area (Å²) >= 11 is 0. The molecule has 0 atom stereocenters. The quantitative estimate of drug-likeness (QED) is 0.693. The van der Waals surface area contributed by atoms with Crippen LogP contribution in [0.1, 0.15) is 20.8 Å². The van der Waals surface area contributed by atoms with Crippen LogP contribution in [0.2, 0.25) is 0 Å². The largest absolute Gasteiger partial charge is 0.462 e. The van der Waals surface area contributed by atoms with E-state index in [0.717, 1.165) is 28.0 Å². The van der Waals surface area contributed by atoms with Crippen LogP contribution in [-0.4, -0.2) is 29.1 Å². The molecule has 0 fully saturated rings. The number of nitrogens with zero attached hydrogens (tertiary/aromatic N) is 1. The molecule has 6 heteroatoms. The molecule has 0 bridgehead atoms. The van der Waals surface area contributed by atoms with Gasteiger partial charge in [0.1, 0.15) is 17.2 Å². The van der Waals surface area contributed by atoms with Gasteiger partial charge in [-0.2, -0.15) is 0 Å². The Hall–Kier alpha value is -2.89. The first-order valence-electron chi connectivity index (χ1n) is 7.86. The third kappa shape index (κ3) is 5.31. The third-order valence-corrected chi connectivity index (χ3v) is 3.32. The van der Waals surface area contributed by atoms with Crippen LogP contribution in [-0.2, 0) is 9.53 Å². The number of hydrogen-bond donors (Lipinski definition) is 2. The number of hydrogen-bond acceptors (Lipinski definition) is 4. The lowest BCUT2D eigenvalue weighted by atomic mass is 10.2. The van der Waals surface area contributed by atoms with E-state index >= 15 is 0 Å². The molecule has 1 aromatic carbocycles. The number of pyridine rings is 1. The Morgan fingerprint density at radius 3 is 2.48 bits per heavy atom.